The molecule has 0 unspecified atom stereocenters. The zero-order chi connectivity index (χ0) is 15.5. The number of aromatic nitrogens is 1. The quantitative estimate of drug-likeness (QED) is 0.724. The number of carboxylic acid groups (broad SMARTS) is 1. The van der Waals surface area contributed by atoms with Gasteiger partial charge in [-0.1, -0.05) is 30.3 Å². The zero-order valence-corrected chi connectivity index (χ0v) is 12.3. The molecule has 0 saturated carbocycles. The molecule has 0 saturated heterocycles. The molecule has 0 bridgehead atoms. The van der Waals surface area contributed by atoms with Crippen LogP contribution in [0.3, 0.4) is 0 Å². The normalized spacial score (nSPS) is 13.0. The van der Waals surface area contributed by atoms with E-state index in [1.54, 1.807) is 30.3 Å². The van der Waals surface area contributed by atoms with Crippen LogP contribution in [0.4, 0.5) is 0 Å². The van der Waals surface area contributed by atoms with Gasteiger partial charge in [-0.05, 0) is 5.56 Å². The molecule has 3 N–H and O–H groups in total. The Morgan fingerprint density at radius 1 is 1.33 bits per heavy atom. The molecule has 1 aromatic carbocycles. The Kier molecular flexibility index (Phi) is 4.68. The Morgan fingerprint density at radius 3 is 2.57 bits per heavy atom. The first-order valence-corrected chi connectivity index (χ1v) is 8.17. The maximum Gasteiger partial charge on any atom is 0.356 e. The Bertz CT molecular complexity index is 727. The van der Waals surface area contributed by atoms with Crippen LogP contribution < -0.4 is 4.72 Å². The van der Waals surface area contributed by atoms with Gasteiger partial charge in [-0.15, -0.1) is 11.3 Å². The van der Waals surface area contributed by atoms with Gasteiger partial charge >= 0.3 is 5.97 Å². The highest BCUT2D eigenvalue weighted by molar-refractivity contribution is 7.91. The zero-order valence-electron chi connectivity index (χ0n) is 10.6. The van der Waals surface area contributed by atoms with Gasteiger partial charge in [0.15, 0.2) is 9.90 Å². The van der Waals surface area contributed by atoms with Gasteiger partial charge in [-0.3, -0.25) is 0 Å². The average molecular weight is 328 g/mol. The molecular formula is C12H12N2O5S2. The molecule has 0 fully saturated rings. The van der Waals surface area contributed by atoms with E-state index >= 15 is 0 Å². The number of hydrogen-bond donors (Lipinski definition) is 3. The molecular weight excluding hydrogens is 316 g/mol. The van der Waals surface area contributed by atoms with Gasteiger partial charge < -0.3 is 10.2 Å². The summed E-state index contributed by atoms with van der Waals surface area (Å²) in [4.78, 5) is 14.5. The van der Waals surface area contributed by atoms with E-state index in [1.807, 2.05) is 0 Å². The Hall–Kier alpha value is -1.81. The van der Waals surface area contributed by atoms with Gasteiger partial charge in [0.2, 0.25) is 0 Å². The first kappa shape index (κ1) is 15.6. The van der Waals surface area contributed by atoms with Crippen molar-refractivity contribution in [2.45, 2.75) is 10.3 Å². The molecule has 7 nitrogen and oxygen atoms in total. The molecule has 0 aliphatic rings. The summed E-state index contributed by atoms with van der Waals surface area (Å²) >= 11 is 0.708. The summed E-state index contributed by atoms with van der Waals surface area (Å²) in [5, 5.41) is 18.3. The SMILES string of the molecule is O=C(O)c1ncsc1S(=O)(=O)N[C@@H](CO)c1ccccc1. The average Bonchev–Trinajstić information content (AvgIpc) is 2.96. The molecule has 0 spiro atoms. The summed E-state index contributed by atoms with van der Waals surface area (Å²) in [7, 11) is -4.09. The second-order valence-corrected chi connectivity index (χ2v) is 6.82. The van der Waals surface area contributed by atoms with Crippen molar-refractivity contribution < 1.29 is 23.4 Å². The van der Waals surface area contributed by atoms with Gasteiger partial charge in [0.25, 0.3) is 10.0 Å². The summed E-state index contributed by atoms with van der Waals surface area (Å²) in [5.74, 6) is -1.42. The summed E-state index contributed by atoms with van der Waals surface area (Å²) in [6.45, 7) is -0.454. The first-order valence-electron chi connectivity index (χ1n) is 5.80. The van der Waals surface area contributed by atoms with Crippen molar-refractivity contribution >= 4 is 27.3 Å². The Morgan fingerprint density at radius 2 is 2.00 bits per heavy atom. The van der Waals surface area contributed by atoms with Crippen molar-refractivity contribution in [2.24, 2.45) is 0 Å². The number of sulfonamides is 1. The third-order valence-electron chi connectivity index (χ3n) is 2.66. The van der Waals surface area contributed by atoms with Crippen LogP contribution >= 0.6 is 11.3 Å². The fourth-order valence-electron chi connectivity index (χ4n) is 1.71. The third-order valence-corrected chi connectivity index (χ3v) is 5.50. The van der Waals surface area contributed by atoms with Gasteiger partial charge in [0.05, 0.1) is 18.2 Å². The second-order valence-electron chi connectivity index (χ2n) is 4.06. The highest BCUT2D eigenvalue weighted by atomic mass is 32.2. The number of carboxylic acids is 1. The number of aromatic carboxylic acids is 1. The summed E-state index contributed by atoms with van der Waals surface area (Å²) in [5.41, 5.74) is 1.19. The highest BCUT2D eigenvalue weighted by Crippen LogP contribution is 2.23. The Labute approximate surface area is 125 Å². The minimum atomic E-state index is -4.09. The van der Waals surface area contributed by atoms with E-state index in [0.29, 0.717) is 16.9 Å². The standard InChI is InChI=1S/C12H12N2O5S2/c15-6-9(8-4-2-1-3-5-8)14-21(18,19)12-10(11(16)17)13-7-20-12/h1-5,7,9,14-15H,6H2,(H,16,17)/t9-/m0/s1. The van der Waals surface area contributed by atoms with E-state index in [9.17, 15) is 18.3 Å². The van der Waals surface area contributed by atoms with Gasteiger partial charge in [0, 0.05) is 0 Å². The van der Waals surface area contributed by atoms with Crippen molar-refractivity contribution in [1.29, 1.82) is 0 Å². The number of carbonyl (C=O) groups is 1. The number of nitrogens with one attached hydrogen (secondary N) is 1. The predicted molar refractivity (Wildman–Crippen MR) is 75.7 cm³/mol. The molecule has 1 atom stereocenters. The minimum Gasteiger partial charge on any atom is -0.476 e. The molecule has 1 aromatic heterocycles. The van der Waals surface area contributed by atoms with Crippen LogP contribution in [-0.2, 0) is 10.0 Å². The monoisotopic (exact) mass is 328 g/mol. The van der Waals surface area contributed by atoms with Crippen LogP contribution in [0.15, 0.2) is 40.1 Å². The predicted octanol–water partition coefficient (Wildman–Crippen LogP) is 0.853. The molecule has 0 amide bonds. The largest absolute Gasteiger partial charge is 0.476 e. The van der Waals surface area contributed by atoms with E-state index in [1.165, 1.54) is 0 Å². The number of hydrogen-bond acceptors (Lipinski definition) is 6. The molecule has 0 aliphatic carbocycles. The van der Waals surface area contributed by atoms with Crippen molar-refractivity contribution in [3.05, 3.63) is 47.1 Å². The molecule has 0 radical (unpaired) electrons. The number of benzene rings is 1. The number of thiazole rings is 1. The topological polar surface area (TPSA) is 117 Å². The molecule has 112 valence electrons. The third kappa shape index (κ3) is 3.45. The van der Waals surface area contributed by atoms with Gasteiger partial charge in [0.1, 0.15) is 0 Å². The van der Waals surface area contributed by atoms with Gasteiger partial charge in [-0.25, -0.2) is 22.9 Å². The summed E-state index contributed by atoms with van der Waals surface area (Å²) in [6.07, 6.45) is 0. The van der Waals surface area contributed by atoms with E-state index < -0.39 is 34.3 Å². The first-order chi connectivity index (χ1) is 9.95. The number of nitrogens with zero attached hydrogens (tertiary/aromatic N) is 1. The minimum absolute atomic E-state index is 0.385. The molecule has 9 heteroatoms. The molecule has 21 heavy (non-hydrogen) atoms. The van der Waals surface area contributed by atoms with Crippen LogP contribution in [0.1, 0.15) is 22.1 Å². The molecule has 0 aliphatic heterocycles. The van der Waals surface area contributed by atoms with Crippen LogP contribution in [0.25, 0.3) is 0 Å². The van der Waals surface area contributed by atoms with E-state index in [-0.39, 0.29) is 4.21 Å². The Balaban J connectivity index is 2.32. The summed E-state index contributed by atoms with van der Waals surface area (Å²) < 4.78 is 26.4. The van der Waals surface area contributed by atoms with Crippen LogP contribution in [0, 0.1) is 0 Å². The lowest BCUT2D eigenvalue weighted by Crippen LogP contribution is -2.31. The smallest absolute Gasteiger partial charge is 0.356 e. The lowest BCUT2D eigenvalue weighted by Gasteiger charge is -2.16. The lowest BCUT2D eigenvalue weighted by atomic mass is 10.1. The summed E-state index contributed by atoms with van der Waals surface area (Å²) in [6, 6.07) is 7.64. The maximum absolute atomic E-state index is 12.2. The van der Waals surface area contributed by atoms with E-state index in [0.717, 1.165) is 5.51 Å². The number of aliphatic hydroxyl groups excluding tert-OH is 1. The van der Waals surface area contributed by atoms with Crippen molar-refractivity contribution in [3.63, 3.8) is 0 Å². The van der Waals surface area contributed by atoms with E-state index in [4.69, 9.17) is 5.11 Å². The fraction of sp³-hybridized carbons (Fsp3) is 0.167. The lowest BCUT2D eigenvalue weighted by molar-refractivity contribution is 0.0687. The molecule has 2 rings (SSSR count). The van der Waals surface area contributed by atoms with Crippen molar-refractivity contribution in [2.75, 3.05) is 6.61 Å². The number of aliphatic hydroxyl groups is 1. The van der Waals surface area contributed by atoms with Crippen LogP contribution in [0.5, 0.6) is 0 Å². The van der Waals surface area contributed by atoms with Crippen molar-refractivity contribution in [1.82, 2.24) is 9.71 Å². The number of rotatable bonds is 6. The second kappa shape index (κ2) is 6.31. The molecule has 1 heterocycles. The van der Waals surface area contributed by atoms with Crippen LogP contribution in [-0.4, -0.2) is 36.2 Å². The maximum atomic E-state index is 12.2. The highest BCUT2D eigenvalue weighted by Gasteiger charge is 2.28. The van der Waals surface area contributed by atoms with Crippen molar-refractivity contribution in [3.8, 4) is 0 Å². The van der Waals surface area contributed by atoms with E-state index in [2.05, 4.69) is 9.71 Å². The van der Waals surface area contributed by atoms with Crippen LogP contribution in [0.2, 0.25) is 0 Å². The fourth-order valence-corrected chi connectivity index (χ4v) is 4.08. The molecule has 2 aromatic rings. The van der Waals surface area contributed by atoms with Gasteiger partial charge in [-0.2, -0.15) is 0 Å².